The lowest BCUT2D eigenvalue weighted by Crippen LogP contribution is -2.25. The van der Waals surface area contributed by atoms with Crippen LogP contribution in [0.4, 0.5) is 10.1 Å². The molecular weight excluding hydrogens is 569 g/mol. The molecule has 1 aliphatic carbocycles. The Kier molecular flexibility index (Phi) is 6.98. The first-order chi connectivity index (χ1) is 22.1. The van der Waals surface area contributed by atoms with E-state index in [0.717, 1.165) is 76.8 Å². The molecule has 9 nitrogen and oxygen atoms in total. The quantitative estimate of drug-likeness (QED) is 0.168. The van der Waals surface area contributed by atoms with Crippen molar-refractivity contribution in [3.63, 3.8) is 0 Å². The van der Waals surface area contributed by atoms with Crippen LogP contribution in [0, 0.1) is 11.7 Å². The minimum absolute atomic E-state index is 0.0497. The summed E-state index contributed by atoms with van der Waals surface area (Å²) in [7, 11) is 0. The second-order valence-corrected chi connectivity index (χ2v) is 11.9. The van der Waals surface area contributed by atoms with Crippen LogP contribution in [0.5, 0.6) is 5.75 Å². The van der Waals surface area contributed by atoms with Gasteiger partial charge in [0.1, 0.15) is 23.9 Å². The highest BCUT2D eigenvalue weighted by Crippen LogP contribution is 2.36. The molecule has 2 aromatic carbocycles. The highest BCUT2D eigenvalue weighted by Gasteiger charge is 2.29. The minimum Gasteiger partial charge on any atom is -0.492 e. The first-order valence-electron chi connectivity index (χ1n) is 15.5. The number of aromatic nitrogens is 5. The molecule has 0 radical (unpaired) electrons. The first-order valence-corrected chi connectivity index (χ1v) is 15.5. The fraction of sp³-hybridized carbons (Fsp3) is 0.257. The molecule has 1 saturated heterocycles. The van der Waals surface area contributed by atoms with Crippen LogP contribution < -0.4 is 10.1 Å². The third kappa shape index (κ3) is 5.64. The Morgan fingerprint density at radius 3 is 2.67 bits per heavy atom. The van der Waals surface area contributed by atoms with Gasteiger partial charge in [0.05, 0.1) is 28.8 Å². The average Bonchev–Trinajstić information content (AvgIpc) is 3.40. The molecule has 6 aromatic rings. The van der Waals surface area contributed by atoms with Crippen LogP contribution in [0.3, 0.4) is 0 Å². The van der Waals surface area contributed by atoms with Gasteiger partial charge in [-0.3, -0.25) is 24.8 Å². The van der Waals surface area contributed by atoms with E-state index in [9.17, 15) is 9.18 Å². The molecule has 10 heteroatoms. The summed E-state index contributed by atoms with van der Waals surface area (Å²) in [6.07, 6.45) is 9.52. The number of anilines is 1. The zero-order valence-electron chi connectivity index (χ0n) is 24.6. The predicted molar refractivity (Wildman–Crippen MR) is 172 cm³/mol. The molecule has 2 aliphatic rings. The maximum atomic E-state index is 14.8. The molecule has 3 N–H and O–H groups in total. The van der Waals surface area contributed by atoms with E-state index in [1.54, 1.807) is 18.6 Å². The molecule has 0 atom stereocenters. The van der Waals surface area contributed by atoms with E-state index in [4.69, 9.17) is 4.74 Å². The Labute approximate surface area is 258 Å². The number of amides is 1. The van der Waals surface area contributed by atoms with Crippen molar-refractivity contribution in [2.75, 3.05) is 31.6 Å². The summed E-state index contributed by atoms with van der Waals surface area (Å²) >= 11 is 0. The average molecular weight is 602 g/mol. The van der Waals surface area contributed by atoms with Gasteiger partial charge in [-0.2, -0.15) is 5.10 Å². The predicted octanol–water partition coefficient (Wildman–Crippen LogP) is 6.80. The summed E-state index contributed by atoms with van der Waals surface area (Å²) in [5.74, 6) is 0.296. The third-order valence-corrected chi connectivity index (χ3v) is 8.67. The van der Waals surface area contributed by atoms with Gasteiger partial charge in [0, 0.05) is 58.3 Å². The lowest BCUT2D eigenvalue weighted by molar-refractivity contribution is -0.117. The molecule has 1 amide bonds. The van der Waals surface area contributed by atoms with Gasteiger partial charge in [0.2, 0.25) is 5.91 Å². The number of fused-ring (bicyclic) bond motifs is 2. The molecule has 4 aromatic heterocycles. The number of nitrogens with one attached hydrogen (secondary N) is 3. The van der Waals surface area contributed by atoms with E-state index in [1.807, 2.05) is 36.4 Å². The number of H-pyrrole nitrogens is 2. The van der Waals surface area contributed by atoms with E-state index in [-0.39, 0.29) is 17.6 Å². The molecule has 0 unspecified atom stereocenters. The van der Waals surface area contributed by atoms with Gasteiger partial charge in [-0.15, -0.1) is 0 Å². The van der Waals surface area contributed by atoms with Crippen molar-refractivity contribution in [1.29, 1.82) is 0 Å². The molecule has 0 spiro atoms. The largest absolute Gasteiger partial charge is 0.492 e. The Bertz CT molecular complexity index is 2040. The van der Waals surface area contributed by atoms with Crippen LogP contribution in [-0.4, -0.2) is 62.2 Å². The number of likely N-dealkylation sites (tertiary alicyclic amines) is 1. The van der Waals surface area contributed by atoms with Crippen molar-refractivity contribution < 1.29 is 13.9 Å². The highest BCUT2D eigenvalue weighted by molar-refractivity contribution is 6.01. The topological polar surface area (TPSA) is 112 Å². The third-order valence-electron chi connectivity index (χ3n) is 8.67. The Morgan fingerprint density at radius 2 is 1.80 bits per heavy atom. The highest BCUT2D eigenvalue weighted by atomic mass is 19.1. The van der Waals surface area contributed by atoms with Crippen molar-refractivity contribution >= 4 is 33.4 Å². The van der Waals surface area contributed by atoms with Gasteiger partial charge < -0.3 is 15.0 Å². The van der Waals surface area contributed by atoms with Gasteiger partial charge >= 0.3 is 0 Å². The number of ether oxygens (including phenoxy) is 1. The van der Waals surface area contributed by atoms with Gasteiger partial charge in [0.15, 0.2) is 0 Å². The van der Waals surface area contributed by atoms with Gasteiger partial charge in [-0.25, -0.2) is 4.39 Å². The normalized spacial score (nSPS) is 15.2. The van der Waals surface area contributed by atoms with Gasteiger partial charge in [-0.05, 0) is 86.8 Å². The molecule has 226 valence electrons. The summed E-state index contributed by atoms with van der Waals surface area (Å²) in [5, 5.41) is 12.6. The number of pyridine rings is 2. The zero-order valence-corrected chi connectivity index (χ0v) is 24.6. The lowest BCUT2D eigenvalue weighted by atomic mass is 10.0. The smallest absolute Gasteiger partial charge is 0.227 e. The Morgan fingerprint density at radius 1 is 0.933 bits per heavy atom. The maximum absolute atomic E-state index is 14.8. The number of carbonyl (C=O) groups is 1. The molecule has 5 heterocycles. The molecular formula is C35H32FN7O2. The van der Waals surface area contributed by atoms with Crippen molar-refractivity contribution in [1.82, 2.24) is 30.0 Å². The van der Waals surface area contributed by atoms with Crippen LogP contribution in [-0.2, 0) is 4.79 Å². The van der Waals surface area contributed by atoms with E-state index in [2.05, 4.69) is 41.4 Å². The Balaban J connectivity index is 1.10. The van der Waals surface area contributed by atoms with Crippen molar-refractivity contribution in [3.05, 3.63) is 79.0 Å². The molecule has 0 bridgehead atoms. The van der Waals surface area contributed by atoms with E-state index in [1.165, 1.54) is 25.0 Å². The summed E-state index contributed by atoms with van der Waals surface area (Å²) < 4.78 is 20.7. The first kappa shape index (κ1) is 27.5. The zero-order chi connectivity index (χ0) is 30.3. The van der Waals surface area contributed by atoms with Gasteiger partial charge in [0.25, 0.3) is 0 Å². The molecule has 1 aliphatic heterocycles. The fourth-order valence-corrected chi connectivity index (χ4v) is 6.15. The van der Waals surface area contributed by atoms with Gasteiger partial charge in [-0.1, -0.05) is 6.07 Å². The minimum atomic E-state index is -0.366. The monoisotopic (exact) mass is 601 g/mol. The van der Waals surface area contributed by atoms with Crippen LogP contribution in [0.25, 0.3) is 55.6 Å². The molecule has 2 fully saturated rings. The second kappa shape index (κ2) is 11.4. The molecule has 1 saturated carbocycles. The van der Waals surface area contributed by atoms with Crippen molar-refractivity contribution in [3.8, 4) is 39.5 Å². The number of hydrogen-bond acceptors (Lipinski definition) is 6. The molecule has 45 heavy (non-hydrogen) atoms. The fourth-order valence-electron chi connectivity index (χ4n) is 6.15. The van der Waals surface area contributed by atoms with Crippen molar-refractivity contribution in [2.45, 2.75) is 25.7 Å². The summed E-state index contributed by atoms with van der Waals surface area (Å²) in [6.45, 7) is 3.53. The number of aromatic amines is 2. The Hall–Kier alpha value is -5.09. The maximum Gasteiger partial charge on any atom is 0.227 e. The van der Waals surface area contributed by atoms with Crippen LogP contribution in [0.15, 0.2) is 73.2 Å². The number of halogens is 1. The van der Waals surface area contributed by atoms with Crippen LogP contribution in [0.1, 0.15) is 25.7 Å². The standard InChI is InChI=1S/C35H32FN7O2/c36-25-13-23(15-27(17-25)45-12-11-43-9-1-2-10-43)33-29-18-32(40-30(29)7-8-38-33)34-28-16-22(5-6-31(28)41-42-34)24-14-26(20-37-19-24)39-35(44)21-3-4-21/h5-8,13-21,40H,1-4,9-12H2,(H,39,44)(H,41,42). The second-order valence-electron chi connectivity index (χ2n) is 11.9. The van der Waals surface area contributed by atoms with E-state index >= 15 is 0 Å². The summed E-state index contributed by atoms with van der Waals surface area (Å²) in [6, 6.07) is 16.7. The molecule has 8 rings (SSSR count). The number of nitrogens with zero attached hydrogens (tertiary/aromatic N) is 4. The summed E-state index contributed by atoms with van der Waals surface area (Å²) in [4.78, 5) is 27.2. The number of rotatable bonds is 9. The number of benzene rings is 2. The van der Waals surface area contributed by atoms with Crippen molar-refractivity contribution in [2.24, 2.45) is 5.92 Å². The summed E-state index contributed by atoms with van der Waals surface area (Å²) in [5.41, 5.74) is 7.17. The van der Waals surface area contributed by atoms with Crippen LogP contribution >= 0.6 is 0 Å². The lowest BCUT2D eigenvalue weighted by Gasteiger charge is -2.15. The van der Waals surface area contributed by atoms with E-state index < -0.39 is 0 Å². The number of hydrogen-bond donors (Lipinski definition) is 3. The van der Waals surface area contributed by atoms with E-state index in [0.29, 0.717) is 29.3 Å². The number of carbonyl (C=O) groups excluding carboxylic acids is 1. The SMILES string of the molecule is O=C(Nc1cncc(-c2ccc3[nH]nc(-c4cc5c(-c6cc(F)cc(OCCN7CCCC7)c6)nccc5[nH]4)c3c2)c1)C1CC1. The van der Waals surface area contributed by atoms with Crippen LogP contribution in [0.2, 0.25) is 0 Å².